The van der Waals surface area contributed by atoms with Crippen LogP contribution in [0.2, 0.25) is 0 Å². The van der Waals surface area contributed by atoms with Crippen LogP contribution in [0.15, 0.2) is 82.8 Å². The number of methoxy groups -OCH3 is 2. The number of carbonyl (C=O) groups is 1. The van der Waals surface area contributed by atoms with Crippen molar-refractivity contribution >= 4 is 27.8 Å². The molecule has 33 heavy (non-hydrogen) atoms. The second kappa shape index (κ2) is 10.6. The zero-order chi connectivity index (χ0) is 23.8. The average molecular weight is 468 g/mol. The first-order chi connectivity index (χ1) is 15.8. The number of para-hydroxylation sites is 1. The molecule has 0 aliphatic heterocycles. The lowest BCUT2D eigenvalue weighted by molar-refractivity contribution is -0.119. The molecular formula is C24H25N3O5S. The van der Waals surface area contributed by atoms with Crippen molar-refractivity contribution in [2.75, 3.05) is 25.1 Å². The van der Waals surface area contributed by atoms with Gasteiger partial charge in [0.25, 0.3) is 15.9 Å². The summed E-state index contributed by atoms with van der Waals surface area (Å²) in [5, 5.41) is 3.94. The summed E-state index contributed by atoms with van der Waals surface area (Å²) in [7, 11) is -0.961. The van der Waals surface area contributed by atoms with E-state index >= 15 is 0 Å². The Morgan fingerprint density at radius 2 is 1.64 bits per heavy atom. The number of amides is 1. The van der Waals surface area contributed by atoms with E-state index in [1.165, 1.54) is 32.6 Å². The van der Waals surface area contributed by atoms with Crippen molar-refractivity contribution < 1.29 is 22.7 Å². The van der Waals surface area contributed by atoms with Crippen molar-refractivity contribution in [3.63, 3.8) is 0 Å². The van der Waals surface area contributed by atoms with Crippen molar-refractivity contribution in [2.24, 2.45) is 5.10 Å². The number of sulfonamides is 1. The number of hydrogen-bond acceptors (Lipinski definition) is 6. The highest BCUT2D eigenvalue weighted by Gasteiger charge is 2.27. The first-order valence-electron chi connectivity index (χ1n) is 10.0. The Bertz CT molecular complexity index is 1220. The van der Waals surface area contributed by atoms with Crippen LogP contribution in [0.1, 0.15) is 11.1 Å². The highest BCUT2D eigenvalue weighted by molar-refractivity contribution is 7.92. The van der Waals surface area contributed by atoms with Gasteiger partial charge >= 0.3 is 0 Å². The molecule has 0 heterocycles. The van der Waals surface area contributed by atoms with Crippen molar-refractivity contribution in [1.29, 1.82) is 0 Å². The summed E-state index contributed by atoms with van der Waals surface area (Å²) in [5.74, 6) is 0.558. The molecule has 0 fully saturated rings. The highest BCUT2D eigenvalue weighted by atomic mass is 32.2. The summed E-state index contributed by atoms with van der Waals surface area (Å²) in [4.78, 5) is 12.7. The number of hydrogen-bond donors (Lipinski definition) is 1. The van der Waals surface area contributed by atoms with Crippen molar-refractivity contribution in [3.05, 3.63) is 83.9 Å². The van der Waals surface area contributed by atoms with Crippen LogP contribution in [0.4, 0.5) is 5.69 Å². The Hall–Kier alpha value is -3.85. The van der Waals surface area contributed by atoms with Gasteiger partial charge < -0.3 is 9.47 Å². The van der Waals surface area contributed by atoms with Gasteiger partial charge in [0.15, 0.2) is 0 Å². The Morgan fingerprint density at radius 1 is 0.970 bits per heavy atom. The number of hydrazone groups is 1. The molecule has 0 spiro atoms. The lowest BCUT2D eigenvalue weighted by Crippen LogP contribution is -2.39. The maximum absolute atomic E-state index is 13.4. The molecule has 0 aliphatic carbocycles. The van der Waals surface area contributed by atoms with E-state index in [1.807, 2.05) is 19.1 Å². The highest BCUT2D eigenvalue weighted by Crippen LogP contribution is 2.26. The zero-order valence-electron chi connectivity index (χ0n) is 18.6. The van der Waals surface area contributed by atoms with Crippen LogP contribution < -0.4 is 19.2 Å². The number of aryl methyl sites for hydroxylation is 1. The fourth-order valence-corrected chi connectivity index (χ4v) is 4.43. The van der Waals surface area contributed by atoms with Crippen LogP contribution in [0, 0.1) is 6.92 Å². The van der Waals surface area contributed by atoms with Crippen LogP contribution in [0.5, 0.6) is 11.5 Å². The minimum atomic E-state index is -4.01. The molecule has 0 aromatic heterocycles. The van der Waals surface area contributed by atoms with Gasteiger partial charge in [-0.05, 0) is 55.5 Å². The molecule has 3 aromatic rings. The maximum Gasteiger partial charge on any atom is 0.264 e. The van der Waals surface area contributed by atoms with Gasteiger partial charge in [0.1, 0.15) is 18.0 Å². The normalized spacial score (nSPS) is 11.2. The molecule has 172 valence electrons. The van der Waals surface area contributed by atoms with Gasteiger partial charge in [-0.2, -0.15) is 5.10 Å². The molecule has 0 radical (unpaired) electrons. The van der Waals surface area contributed by atoms with E-state index in [0.29, 0.717) is 22.7 Å². The third-order valence-corrected chi connectivity index (χ3v) is 6.58. The van der Waals surface area contributed by atoms with Gasteiger partial charge in [0.05, 0.1) is 31.0 Å². The predicted molar refractivity (Wildman–Crippen MR) is 127 cm³/mol. The monoisotopic (exact) mass is 467 g/mol. The van der Waals surface area contributed by atoms with E-state index in [4.69, 9.17) is 9.47 Å². The SMILES string of the molecule is COc1ccc(N(CC(=O)N/N=C\c2ccccc2OC)S(=O)(=O)c2ccc(C)cc2)cc1. The van der Waals surface area contributed by atoms with Crippen LogP contribution in [-0.2, 0) is 14.8 Å². The summed E-state index contributed by atoms with van der Waals surface area (Å²) >= 11 is 0. The Labute approximate surface area is 193 Å². The molecule has 0 saturated heterocycles. The van der Waals surface area contributed by atoms with Crippen molar-refractivity contribution in [1.82, 2.24) is 5.43 Å². The van der Waals surface area contributed by atoms with E-state index < -0.39 is 22.5 Å². The second-order valence-corrected chi connectivity index (χ2v) is 8.92. The molecule has 1 N–H and O–H groups in total. The molecule has 9 heteroatoms. The Kier molecular flexibility index (Phi) is 7.68. The van der Waals surface area contributed by atoms with Crippen LogP contribution in [0.25, 0.3) is 0 Å². The fraction of sp³-hybridized carbons (Fsp3) is 0.167. The van der Waals surface area contributed by atoms with Crippen LogP contribution >= 0.6 is 0 Å². The number of benzene rings is 3. The molecule has 0 atom stereocenters. The Balaban J connectivity index is 1.85. The average Bonchev–Trinajstić information content (AvgIpc) is 2.83. The number of nitrogens with zero attached hydrogens (tertiary/aromatic N) is 2. The molecule has 0 saturated carbocycles. The van der Waals surface area contributed by atoms with E-state index in [-0.39, 0.29) is 4.90 Å². The van der Waals surface area contributed by atoms with E-state index in [1.54, 1.807) is 48.5 Å². The molecular weight excluding hydrogens is 442 g/mol. The second-order valence-electron chi connectivity index (χ2n) is 7.06. The van der Waals surface area contributed by atoms with Gasteiger partial charge in [-0.3, -0.25) is 9.10 Å². The van der Waals surface area contributed by atoms with Gasteiger partial charge in [-0.15, -0.1) is 0 Å². The molecule has 8 nitrogen and oxygen atoms in total. The molecule has 3 aromatic carbocycles. The summed E-state index contributed by atoms with van der Waals surface area (Å²) in [6.45, 7) is 1.40. The molecule has 0 aliphatic rings. The molecule has 0 bridgehead atoms. The van der Waals surface area contributed by atoms with Gasteiger partial charge in [-0.1, -0.05) is 29.8 Å². The predicted octanol–water partition coefficient (Wildman–Crippen LogP) is 3.36. The molecule has 1 amide bonds. The molecule has 3 rings (SSSR count). The van der Waals surface area contributed by atoms with Crippen molar-refractivity contribution in [2.45, 2.75) is 11.8 Å². The van der Waals surface area contributed by atoms with Gasteiger partial charge in [0, 0.05) is 5.56 Å². The summed E-state index contributed by atoms with van der Waals surface area (Å²) < 4.78 is 38.2. The number of carbonyl (C=O) groups excluding carboxylic acids is 1. The lowest BCUT2D eigenvalue weighted by Gasteiger charge is -2.24. The minimum absolute atomic E-state index is 0.0780. The summed E-state index contributed by atoms with van der Waals surface area (Å²) in [5.41, 5.74) is 4.29. The third-order valence-electron chi connectivity index (χ3n) is 4.79. The minimum Gasteiger partial charge on any atom is -0.497 e. The topological polar surface area (TPSA) is 97.3 Å². The number of rotatable bonds is 9. The smallest absolute Gasteiger partial charge is 0.264 e. The molecule has 0 unspecified atom stereocenters. The fourth-order valence-electron chi connectivity index (χ4n) is 3.01. The first-order valence-corrected chi connectivity index (χ1v) is 11.5. The van der Waals surface area contributed by atoms with Crippen LogP contribution in [0.3, 0.4) is 0 Å². The number of anilines is 1. The maximum atomic E-state index is 13.4. The standard InChI is InChI=1S/C24H25N3O5S/c1-18-8-14-22(15-9-18)33(29,30)27(20-10-12-21(31-2)13-11-20)17-24(28)26-25-16-19-6-4-5-7-23(19)32-3/h4-16H,17H2,1-3H3,(H,26,28)/b25-16-. The van der Waals surface area contributed by atoms with Gasteiger partial charge in [0.2, 0.25) is 0 Å². The van der Waals surface area contributed by atoms with E-state index in [2.05, 4.69) is 10.5 Å². The number of nitrogens with one attached hydrogen (secondary N) is 1. The zero-order valence-corrected chi connectivity index (χ0v) is 19.4. The Morgan fingerprint density at radius 3 is 2.27 bits per heavy atom. The lowest BCUT2D eigenvalue weighted by atomic mass is 10.2. The third kappa shape index (κ3) is 5.89. The largest absolute Gasteiger partial charge is 0.497 e. The number of ether oxygens (including phenoxy) is 2. The van der Waals surface area contributed by atoms with Gasteiger partial charge in [-0.25, -0.2) is 13.8 Å². The quantitative estimate of drug-likeness (QED) is 0.384. The first kappa shape index (κ1) is 23.8. The van der Waals surface area contributed by atoms with Crippen molar-refractivity contribution in [3.8, 4) is 11.5 Å². The summed E-state index contributed by atoms with van der Waals surface area (Å²) in [6, 6.07) is 20.0. The van der Waals surface area contributed by atoms with E-state index in [9.17, 15) is 13.2 Å². The summed E-state index contributed by atoms with van der Waals surface area (Å²) in [6.07, 6.45) is 1.43. The van der Waals surface area contributed by atoms with Crippen LogP contribution in [-0.4, -0.2) is 41.3 Å². The van der Waals surface area contributed by atoms with E-state index in [0.717, 1.165) is 9.87 Å².